The molecule has 0 aliphatic rings. The molecule has 0 spiro atoms. The summed E-state index contributed by atoms with van der Waals surface area (Å²) in [5, 5.41) is 1.82. The van der Waals surface area contributed by atoms with Gasteiger partial charge in [-0.15, -0.1) is 11.3 Å². The van der Waals surface area contributed by atoms with E-state index in [0.717, 1.165) is 54.6 Å². The van der Waals surface area contributed by atoms with Crippen molar-refractivity contribution in [2.24, 2.45) is 0 Å². The molecule has 0 unspecified atom stereocenters. The third-order valence-corrected chi connectivity index (χ3v) is 6.08. The fourth-order valence-corrected chi connectivity index (χ4v) is 4.52. The van der Waals surface area contributed by atoms with Crippen LogP contribution in [0.1, 0.15) is 0 Å². The number of fused-ring (bicyclic) bond motifs is 1. The van der Waals surface area contributed by atoms with Gasteiger partial charge in [0.2, 0.25) is 0 Å². The van der Waals surface area contributed by atoms with Gasteiger partial charge in [-0.05, 0) is 54.6 Å². The standard InChI is InChI=1S/C24H21BrO4S/c1-26-18-11-12-20-22(15-18)30-24(19-5-3-4-6-21(19)27-2)23(20)29-17-9-7-16(8-10-17)28-14-13-25/h3-12,15H,13-14H2,1-2H3. The third kappa shape index (κ3) is 4.25. The molecular formula is C24H21BrO4S. The van der Waals surface area contributed by atoms with Crippen LogP contribution in [0.5, 0.6) is 28.7 Å². The van der Waals surface area contributed by atoms with Crippen LogP contribution in [0.25, 0.3) is 20.5 Å². The van der Waals surface area contributed by atoms with Gasteiger partial charge in [0.1, 0.15) is 23.0 Å². The Bertz CT molecular complexity index is 1140. The normalized spacial score (nSPS) is 10.8. The van der Waals surface area contributed by atoms with Crippen LogP contribution in [0, 0.1) is 0 Å². The molecule has 4 aromatic rings. The second kappa shape index (κ2) is 9.41. The summed E-state index contributed by atoms with van der Waals surface area (Å²) in [6.07, 6.45) is 0. The van der Waals surface area contributed by atoms with E-state index in [1.165, 1.54) is 0 Å². The zero-order valence-corrected chi connectivity index (χ0v) is 19.1. The monoisotopic (exact) mass is 484 g/mol. The van der Waals surface area contributed by atoms with Crippen LogP contribution in [0.2, 0.25) is 0 Å². The number of para-hydroxylation sites is 1. The van der Waals surface area contributed by atoms with Crippen LogP contribution in [0.15, 0.2) is 66.7 Å². The zero-order chi connectivity index (χ0) is 20.9. The van der Waals surface area contributed by atoms with Crippen molar-refractivity contribution in [1.82, 2.24) is 0 Å². The van der Waals surface area contributed by atoms with Crippen molar-refractivity contribution in [3.63, 3.8) is 0 Å². The van der Waals surface area contributed by atoms with E-state index >= 15 is 0 Å². The molecule has 0 aliphatic heterocycles. The molecule has 4 nitrogen and oxygen atoms in total. The first-order valence-corrected chi connectivity index (χ1v) is 11.4. The van der Waals surface area contributed by atoms with E-state index in [1.807, 2.05) is 66.7 Å². The first-order valence-electron chi connectivity index (χ1n) is 9.44. The highest BCUT2D eigenvalue weighted by Gasteiger charge is 2.19. The minimum Gasteiger partial charge on any atom is -0.497 e. The number of rotatable bonds is 8. The Hall–Kier alpha value is -2.70. The summed E-state index contributed by atoms with van der Waals surface area (Å²) in [6, 6.07) is 21.7. The molecule has 0 aliphatic carbocycles. The molecule has 1 aromatic heterocycles. The van der Waals surface area contributed by atoms with Gasteiger partial charge in [0.05, 0.1) is 25.7 Å². The number of hydrogen-bond acceptors (Lipinski definition) is 5. The Morgan fingerprint density at radius 3 is 2.30 bits per heavy atom. The summed E-state index contributed by atoms with van der Waals surface area (Å²) in [5.41, 5.74) is 0.993. The van der Waals surface area contributed by atoms with Crippen LogP contribution < -0.4 is 18.9 Å². The average Bonchev–Trinajstić information content (AvgIpc) is 3.15. The highest BCUT2D eigenvalue weighted by molar-refractivity contribution is 9.09. The predicted molar refractivity (Wildman–Crippen MR) is 126 cm³/mol. The van der Waals surface area contributed by atoms with Crippen molar-refractivity contribution >= 4 is 37.4 Å². The number of ether oxygens (including phenoxy) is 4. The minimum atomic E-state index is 0.620. The maximum Gasteiger partial charge on any atom is 0.154 e. The Labute approximate surface area is 188 Å². The van der Waals surface area contributed by atoms with Crippen molar-refractivity contribution in [3.05, 3.63) is 66.7 Å². The summed E-state index contributed by atoms with van der Waals surface area (Å²) >= 11 is 5.02. The lowest BCUT2D eigenvalue weighted by Gasteiger charge is -2.11. The van der Waals surface area contributed by atoms with Gasteiger partial charge in [-0.2, -0.15) is 0 Å². The second-order valence-electron chi connectivity index (χ2n) is 6.43. The van der Waals surface area contributed by atoms with E-state index in [4.69, 9.17) is 18.9 Å². The van der Waals surface area contributed by atoms with Crippen molar-refractivity contribution in [1.29, 1.82) is 0 Å². The highest BCUT2D eigenvalue weighted by atomic mass is 79.9. The predicted octanol–water partition coefficient (Wildman–Crippen LogP) is 7.15. The SMILES string of the molecule is COc1ccc2c(Oc3ccc(OCCBr)cc3)c(-c3ccccc3OC)sc2c1. The van der Waals surface area contributed by atoms with Crippen molar-refractivity contribution < 1.29 is 18.9 Å². The van der Waals surface area contributed by atoms with Gasteiger partial charge in [0, 0.05) is 21.0 Å². The molecule has 154 valence electrons. The molecule has 4 rings (SSSR count). The summed E-state index contributed by atoms with van der Waals surface area (Å²) in [5.74, 6) is 3.98. The number of alkyl halides is 1. The van der Waals surface area contributed by atoms with E-state index in [0.29, 0.717) is 6.61 Å². The lowest BCUT2D eigenvalue weighted by molar-refractivity contribution is 0.344. The molecule has 0 amide bonds. The Kier molecular flexibility index (Phi) is 6.45. The molecule has 1 heterocycles. The maximum absolute atomic E-state index is 6.40. The minimum absolute atomic E-state index is 0.620. The molecule has 0 bridgehead atoms. The van der Waals surface area contributed by atoms with E-state index in [1.54, 1.807) is 25.6 Å². The molecule has 30 heavy (non-hydrogen) atoms. The molecule has 0 fully saturated rings. The van der Waals surface area contributed by atoms with Gasteiger partial charge in [0.25, 0.3) is 0 Å². The number of benzene rings is 3. The largest absolute Gasteiger partial charge is 0.497 e. The van der Waals surface area contributed by atoms with Gasteiger partial charge >= 0.3 is 0 Å². The summed E-state index contributed by atoms with van der Waals surface area (Å²) < 4.78 is 24.1. The molecule has 0 atom stereocenters. The summed E-state index contributed by atoms with van der Waals surface area (Å²) in [6.45, 7) is 0.620. The van der Waals surface area contributed by atoms with E-state index in [9.17, 15) is 0 Å². The van der Waals surface area contributed by atoms with Gasteiger partial charge in [-0.3, -0.25) is 0 Å². The summed E-state index contributed by atoms with van der Waals surface area (Å²) in [7, 11) is 3.36. The van der Waals surface area contributed by atoms with Crippen LogP contribution in [-0.4, -0.2) is 26.2 Å². The molecular weight excluding hydrogens is 464 g/mol. The van der Waals surface area contributed by atoms with Crippen LogP contribution >= 0.6 is 27.3 Å². The third-order valence-electron chi connectivity index (χ3n) is 4.59. The molecule has 0 radical (unpaired) electrons. The van der Waals surface area contributed by atoms with Crippen LogP contribution in [0.3, 0.4) is 0 Å². The first kappa shape index (κ1) is 20.6. The molecule has 0 saturated carbocycles. The van der Waals surface area contributed by atoms with Gasteiger partial charge in [-0.1, -0.05) is 28.1 Å². The van der Waals surface area contributed by atoms with Gasteiger partial charge in [-0.25, -0.2) is 0 Å². The molecule has 6 heteroatoms. The number of hydrogen-bond donors (Lipinski definition) is 0. The van der Waals surface area contributed by atoms with Crippen LogP contribution in [0.4, 0.5) is 0 Å². The average molecular weight is 485 g/mol. The smallest absolute Gasteiger partial charge is 0.154 e. The topological polar surface area (TPSA) is 36.9 Å². The highest BCUT2D eigenvalue weighted by Crippen LogP contribution is 2.49. The number of methoxy groups -OCH3 is 2. The quantitative estimate of drug-likeness (QED) is 0.248. The number of thiophene rings is 1. The van der Waals surface area contributed by atoms with E-state index in [2.05, 4.69) is 15.9 Å². The summed E-state index contributed by atoms with van der Waals surface area (Å²) in [4.78, 5) is 1.01. The zero-order valence-electron chi connectivity index (χ0n) is 16.7. The van der Waals surface area contributed by atoms with Gasteiger partial charge in [0.15, 0.2) is 5.75 Å². The fraction of sp³-hybridized carbons (Fsp3) is 0.167. The maximum atomic E-state index is 6.40. The lowest BCUT2D eigenvalue weighted by Crippen LogP contribution is -1.97. The second-order valence-corrected chi connectivity index (χ2v) is 8.28. The van der Waals surface area contributed by atoms with Crippen molar-refractivity contribution in [2.75, 3.05) is 26.2 Å². The number of halogens is 1. The van der Waals surface area contributed by atoms with Crippen LogP contribution in [-0.2, 0) is 0 Å². The Balaban J connectivity index is 1.78. The Morgan fingerprint density at radius 2 is 1.57 bits per heavy atom. The lowest BCUT2D eigenvalue weighted by atomic mass is 10.1. The molecule has 0 N–H and O–H groups in total. The molecule has 0 saturated heterocycles. The van der Waals surface area contributed by atoms with Crippen molar-refractivity contribution in [3.8, 4) is 39.2 Å². The molecule has 3 aromatic carbocycles. The van der Waals surface area contributed by atoms with E-state index < -0.39 is 0 Å². The van der Waals surface area contributed by atoms with Crippen molar-refractivity contribution in [2.45, 2.75) is 0 Å². The van der Waals surface area contributed by atoms with E-state index in [-0.39, 0.29) is 0 Å². The first-order chi connectivity index (χ1) is 14.7. The Morgan fingerprint density at radius 1 is 0.833 bits per heavy atom. The fourth-order valence-electron chi connectivity index (χ4n) is 3.17. The van der Waals surface area contributed by atoms with Gasteiger partial charge < -0.3 is 18.9 Å².